The lowest BCUT2D eigenvalue weighted by molar-refractivity contribution is 0.0948. The highest BCUT2D eigenvalue weighted by Crippen LogP contribution is 2.23. The zero-order valence-corrected chi connectivity index (χ0v) is 10.8. The predicted molar refractivity (Wildman–Crippen MR) is 70.9 cm³/mol. The van der Waals surface area contributed by atoms with Gasteiger partial charge in [0.25, 0.3) is 5.91 Å². The number of H-pyrrole nitrogens is 1. The molecule has 2 N–H and O–H groups in total. The van der Waals surface area contributed by atoms with E-state index in [2.05, 4.69) is 15.5 Å². The molecule has 0 aliphatic carbocycles. The van der Waals surface area contributed by atoms with E-state index in [1.165, 1.54) is 0 Å². The van der Waals surface area contributed by atoms with Gasteiger partial charge in [0.1, 0.15) is 11.5 Å². The largest absolute Gasteiger partial charge is 0.467 e. The summed E-state index contributed by atoms with van der Waals surface area (Å²) in [5.74, 6) is 1.02. The molecule has 0 aliphatic rings. The maximum Gasteiger partial charge on any atom is 0.255 e. The summed E-state index contributed by atoms with van der Waals surface area (Å²) in [6.07, 6.45) is 3.11. The van der Waals surface area contributed by atoms with Crippen molar-refractivity contribution in [3.05, 3.63) is 53.8 Å². The number of hydrogen-bond donors (Lipinski definition) is 2. The number of carbonyl (C=O) groups excluding carboxylic acids is 1. The van der Waals surface area contributed by atoms with Gasteiger partial charge in [0.2, 0.25) is 0 Å². The minimum Gasteiger partial charge on any atom is -0.467 e. The minimum absolute atomic E-state index is 0.223. The number of aromatic amines is 1. The molecule has 0 aromatic carbocycles. The van der Waals surface area contributed by atoms with Crippen LogP contribution in [0, 0.1) is 6.92 Å². The molecule has 3 rings (SSSR count). The highest BCUT2D eigenvalue weighted by molar-refractivity contribution is 6.00. The summed E-state index contributed by atoms with van der Waals surface area (Å²) >= 11 is 0. The van der Waals surface area contributed by atoms with Crippen molar-refractivity contribution in [1.82, 2.24) is 15.5 Å². The number of rotatable bonds is 4. The van der Waals surface area contributed by atoms with Crippen LogP contribution in [0.3, 0.4) is 0 Å². The van der Waals surface area contributed by atoms with Gasteiger partial charge in [0.15, 0.2) is 5.76 Å². The molecular formula is C14H13N3O3. The number of nitrogens with zero attached hydrogens (tertiary/aromatic N) is 1. The number of furan rings is 2. The van der Waals surface area contributed by atoms with Crippen molar-refractivity contribution in [3.63, 3.8) is 0 Å². The van der Waals surface area contributed by atoms with E-state index >= 15 is 0 Å². The van der Waals surface area contributed by atoms with Crippen LogP contribution in [0.1, 0.15) is 21.8 Å². The molecule has 0 spiro atoms. The normalized spacial score (nSPS) is 10.7. The van der Waals surface area contributed by atoms with Gasteiger partial charge in [-0.3, -0.25) is 9.89 Å². The Morgan fingerprint density at radius 2 is 2.10 bits per heavy atom. The lowest BCUT2D eigenvalue weighted by Crippen LogP contribution is -2.23. The van der Waals surface area contributed by atoms with E-state index in [0.717, 1.165) is 0 Å². The fourth-order valence-corrected chi connectivity index (χ4v) is 1.97. The first-order valence-electron chi connectivity index (χ1n) is 6.15. The Bertz CT molecular complexity index is 696. The highest BCUT2D eigenvalue weighted by Gasteiger charge is 2.20. The van der Waals surface area contributed by atoms with E-state index in [9.17, 15) is 4.79 Å². The summed E-state index contributed by atoms with van der Waals surface area (Å²) in [4.78, 5) is 12.3. The molecule has 1 amide bonds. The van der Waals surface area contributed by atoms with Gasteiger partial charge in [-0.2, -0.15) is 5.10 Å². The molecule has 0 saturated carbocycles. The molecule has 0 saturated heterocycles. The Morgan fingerprint density at radius 1 is 1.30 bits per heavy atom. The molecule has 20 heavy (non-hydrogen) atoms. The van der Waals surface area contributed by atoms with Gasteiger partial charge in [-0.1, -0.05) is 0 Å². The minimum atomic E-state index is -0.223. The number of nitrogens with one attached hydrogen (secondary N) is 2. The lowest BCUT2D eigenvalue weighted by atomic mass is 10.1. The average molecular weight is 271 g/mol. The van der Waals surface area contributed by atoms with Crippen molar-refractivity contribution in [3.8, 4) is 11.5 Å². The second kappa shape index (κ2) is 5.08. The zero-order valence-electron chi connectivity index (χ0n) is 10.8. The van der Waals surface area contributed by atoms with Crippen LogP contribution in [0.25, 0.3) is 11.5 Å². The number of aromatic nitrogens is 2. The first-order valence-corrected chi connectivity index (χ1v) is 6.15. The van der Waals surface area contributed by atoms with Crippen LogP contribution < -0.4 is 5.32 Å². The summed E-state index contributed by atoms with van der Waals surface area (Å²) < 4.78 is 10.5. The maximum atomic E-state index is 12.3. The van der Waals surface area contributed by atoms with Crippen molar-refractivity contribution < 1.29 is 13.6 Å². The van der Waals surface area contributed by atoms with E-state index in [1.54, 1.807) is 43.7 Å². The Labute approximate surface area is 114 Å². The van der Waals surface area contributed by atoms with Crippen molar-refractivity contribution in [1.29, 1.82) is 0 Å². The quantitative estimate of drug-likeness (QED) is 0.763. The highest BCUT2D eigenvalue weighted by atomic mass is 16.3. The third-order valence-corrected chi connectivity index (χ3v) is 2.93. The predicted octanol–water partition coefficient (Wildman–Crippen LogP) is 2.50. The van der Waals surface area contributed by atoms with Crippen LogP contribution in [-0.4, -0.2) is 16.1 Å². The van der Waals surface area contributed by atoms with Gasteiger partial charge in [0.05, 0.1) is 24.6 Å². The molecule has 0 fully saturated rings. The number of amides is 1. The second-order valence-electron chi connectivity index (χ2n) is 4.31. The Morgan fingerprint density at radius 3 is 2.80 bits per heavy atom. The lowest BCUT2D eigenvalue weighted by Gasteiger charge is -2.04. The van der Waals surface area contributed by atoms with Crippen molar-refractivity contribution in [2.75, 3.05) is 0 Å². The molecule has 102 valence electrons. The second-order valence-corrected chi connectivity index (χ2v) is 4.31. The van der Waals surface area contributed by atoms with Gasteiger partial charge in [-0.25, -0.2) is 0 Å². The van der Waals surface area contributed by atoms with Crippen LogP contribution in [0.5, 0.6) is 0 Å². The van der Waals surface area contributed by atoms with Crippen LogP contribution in [-0.2, 0) is 6.54 Å². The molecular weight excluding hydrogens is 258 g/mol. The first kappa shape index (κ1) is 12.3. The zero-order chi connectivity index (χ0) is 13.9. The standard InChI is InChI=1S/C14H13N3O3/c1-9-12(13(17-16-9)11-5-3-7-20-11)14(18)15-8-10-4-2-6-19-10/h2-7H,8H2,1H3,(H,15,18)(H,16,17). The first-order chi connectivity index (χ1) is 9.75. The van der Waals surface area contributed by atoms with E-state index in [1.807, 2.05) is 0 Å². The SMILES string of the molecule is Cc1[nH]nc(-c2ccco2)c1C(=O)NCc1ccco1. The molecule has 0 bridgehead atoms. The van der Waals surface area contributed by atoms with Gasteiger partial charge < -0.3 is 14.2 Å². The molecule has 3 aromatic heterocycles. The van der Waals surface area contributed by atoms with E-state index in [4.69, 9.17) is 8.83 Å². The molecule has 0 atom stereocenters. The number of aryl methyl sites for hydroxylation is 1. The smallest absolute Gasteiger partial charge is 0.255 e. The van der Waals surface area contributed by atoms with Crippen LogP contribution in [0.4, 0.5) is 0 Å². The van der Waals surface area contributed by atoms with E-state index < -0.39 is 0 Å². The van der Waals surface area contributed by atoms with Crippen molar-refractivity contribution in [2.24, 2.45) is 0 Å². The monoisotopic (exact) mass is 271 g/mol. The van der Waals surface area contributed by atoms with Crippen molar-refractivity contribution >= 4 is 5.91 Å². The number of hydrogen-bond acceptors (Lipinski definition) is 4. The van der Waals surface area contributed by atoms with Gasteiger partial charge in [0, 0.05) is 5.69 Å². The summed E-state index contributed by atoms with van der Waals surface area (Å²) in [7, 11) is 0. The Kier molecular flexibility index (Phi) is 3.12. The molecule has 3 heterocycles. The molecule has 0 aliphatic heterocycles. The van der Waals surface area contributed by atoms with Crippen LogP contribution in [0.15, 0.2) is 45.6 Å². The van der Waals surface area contributed by atoms with Gasteiger partial charge >= 0.3 is 0 Å². The van der Waals surface area contributed by atoms with Crippen LogP contribution >= 0.6 is 0 Å². The fraction of sp³-hybridized carbons (Fsp3) is 0.143. The summed E-state index contributed by atoms with van der Waals surface area (Å²) in [5.41, 5.74) is 1.67. The van der Waals surface area contributed by atoms with Crippen molar-refractivity contribution in [2.45, 2.75) is 13.5 Å². The maximum absolute atomic E-state index is 12.3. The fourth-order valence-electron chi connectivity index (χ4n) is 1.97. The van der Waals surface area contributed by atoms with E-state index in [-0.39, 0.29) is 5.91 Å². The third kappa shape index (κ3) is 2.23. The molecule has 6 nitrogen and oxygen atoms in total. The average Bonchev–Trinajstić information content (AvgIpc) is 3.17. The summed E-state index contributed by atoms with van der Waals surface area (Å²) in [5, 5.41) is 9.72. The number of carbonyl (C=O) groups is 1. The molecule has 3 aromatic rings. The molecule has 0 radical (unpaired) electrons. The molecule has 6 heteroatoms. The Hall–Kier alpha value is -2.76. The topological polar surface area (TPSA) is 84.1 Å². The van der Waals surface area contributed by atoms with Crippen LogP contribution in [0.2, 0.25) is 0 Å². The third-order valence-electron chi connectivity index (χ3n) is 2.93. The van der Waals surface area contributed by atoms with E-state index in [0.29, 0.717) is 35.0 Å². The summed E-state index contributed by atoms with van der Waals surface area (Å²) in [6.45, 7) is 2.12. The van der Waals surface area contributed by atoms with Gasteiger partial charge in [-0.05, 0) is 31.2 Å². The van der Waals surface area contributed by atoms with Gasteiger partial charge in [-0.15, -0.1) is 0 Å². The Balaban J connectivity index is 1.82. The summed E-state index contributed by atoms with van der Waals surface area (Å²) in [6, 6.07) is 7.09. The molecule has 0 unspecified atom stereocenters.